The van der Waals surface area contributed by atoms with E-state index in [9.17, 15) is 13.2 Å². The average Bonchev–Trinajstić information content (AvgIpc) is 2.71. The van der Waals surface area contributed by atoms with Crippen LogP contribution in [-0.2, 0) is 6.18 Å². The lowest BCUT2D eigenvalue weighted by Gasteiger charge is -2.08. The smallest absolute Gasteiger partial charge is 0.239 e. The first kappa shape index (κ1) is 21.6. The minimum Gasteiger partial charge on any atom is -0.239 e. The first-order chi connectivity index (χ1) is 14.1. The summed E-state index contributed by atoms with van der Waals surface area (Å²) in [6.45, 7) is 6.33. The Hall–Kier alpha value is -3.10. The highest BCUT2D eigenvalue weighted by Crippen LogP contribution is 2.29. The van der Waals surface area contributed by atoms with Crippen LogP contribution < -0.4 is 0 Å². The molecule has 5 heteroatoms. The highest BCUT2D eigenvalue weighted by atomic mass is 28.3. The molecule has 0 aromatic heterocycles. The van der Waals surface area contributed by atoms with E-state index >= 15 is 0 Å². The number of halogens is 3. The van der Waals surface area contributed by atoms with E-state index in [-0.39, 0.29) is 0 Å². The molecule has 3 aromatic carbocycles. The molecule has 0 unspecified atom stereocenters. The molecule has 152 valence electrons. The van der Waals surface area contributed by atoms with Crippen molar-refractivity contribution in [2.45, 2.75) is 25.8 Å². The fourth-order valence-corrected chi connectivity index (χ4v) is 3.21. The molecular weight excluding hydrogens is 399 g/mol. The van der Waals surface area contributed by atoms with Gasteiger partial charge in [0, 0.05) is 5.56 Å². The second-order valence-electron chi connectivity index (χ2n) is 7.95. The summed E-state index contributed by atoms with van der Waals surface area (Å²) in [5.74, 6) is 3.11. The van der Waals surface area contributed by atoms with Gasteiger partial charge in [0.2, 0.25) is 0 Å². The summed E-state index contributed by atoms with van der Waals surface area (Å²) < 4.78 is 38.7. The van der Waals surface area contributed by atoms with Crippen LogP contribution in [0.3, 0.4) is 0 Å². The summed E-state index contributed by atoms with van der Waals surface area (Å²) in [4.78, 5) is 4.64. The number of hydrogen-bond donors (Lipinski definition) is 0. The van der Waals surface area contributed by atoms with Gasteiger partial charge in [0.1, 0.15) is 13.8 Å². The van der Waals surface area contributed by atoms with E-state index in [1.807, 2.05) is 54.6 Å². The molecule has 0 aliphatic carbocycles. The van der Waals surface area contributed by atoms with Gasteiger partial charge in [0.05, 0.1) is 11.3 Å². The standard InChI is InChI=1S/C25H22F3NSi/c1-30(2,3)18-17-24(21-9-13-22(14-10-21)25(26,27)28)29-23-15-11-20(12-16-23)19-7-5-4-6-8-19/h4-16H,1-3H3. The Kier molecular flexibility index (Phi) is 6.28. The third kappa shape index (κ3) is 5.95. The number of hydrogen-bond acceptors (Lipinski definition) is 1. The Morgan fingerprint density at radius 1 is 0.767 bits per heavy atom. The molecular formula is C25H22F3NSi. The van der Waals surface area contributed by atoms with Gasteiger partial charge in [-0.05, 0) is 35.4 Å². The van der Waals surface area contributed by atoms with Gasteiger partial charge in [-0.15, -0.1) is 5.54 Å². The van der Waals surface area contributed by atoms with Crippen molar-refractivity contribution in [2.75, 3.05) is 0 Å². The molecule has 0 N–H and O–H groups in total. The van der Waals surface area contributed by atoms with Crippen LogP contribution in [0.1, 0.15) is 11.1 Å². The van der Waals surface area contributed by atoms with Gasteiger partial charge in [0.15, 0.2) is 0 Å². The zero-order valence-corrected chi connectivity index (χ0v) is 18.1. The first-order valence-electron chi connectivity index (χ1n) is 9.57. The lowest BCUT2D eigenvalue weighted by Crippen LogP contribution is -2.17. The van der Waals surface area contributed by atoms with Crippen molar-refractivity contribution in [3.05, 3.63) is 90.0 Å². The Balaban J connectivity index is 1.98. The normalized spacial score (nSPS) is 12.3. The van der Waals surface area contributed by atoms with Gasteiger partial charge < -0.3 is 0 Å². The second-order valence-corrected chi connectivity index (χ2v) is 12.7. The van der Waals surface area contributed by atoms with Crippen molar-refractivity contribution in [3.8, 4) is 22.6 Å². The van der Waals surface area contributed by atoms with Crippen molar-refractivity contribution in [1.29, 1.82) is 0 Å². The molecule has 0 bridgehead atoms. The van der Waals surface area contributed by atoms with Gasteiger partial charge in [0.25, 0.3) is 0 Å². The van der Waals surface area contributed by atoms with Crippen LogP contribution in [-0.4, -0.2) is 13.8 Å². The van der Waals surface area contributed by atoms with Gasteiger partial charge in [-0.25, -0.2) is 4.99 Å². The van der Waals surface area contributed by atoms with Crippen LogP contribution in [0.4, 0.5) is 18.9 Å². The van der Waals surface area contributed by atoms with Crippen molar-refractivity contribution in [1.82, 2.24) is 0 Å². The Bertz CT molecular complexity index is 1080. The second kappa shape index (κ2) is 8.72. The Labute approximate surface area is 176 Å². The summed E-state index contributed by atoms with van der Waals surface area (Å²) in [6, 6.07) is 22.7. The SMILES string of the molecule is C[Si](C)(C)C#CC(=Nc1ccc(-c2ccccc2)cc1)c1ccc(C(F)(F)F)cc1. The monoisotopic (exact) mass is 421 g/mol. The minimum atomic E-state index is -4.37. The topological polar surface area (TPSA) is 12.4 Å². The summed E-state index contributed by atoms with van der Waals surface area (Å²) in [7, 11) is -1.69. The minimum absolute atomic E-state index is 0.471. The maximum Gasteiger partial charge on any atom is 0.416 e. The molecule has 0 amide bonds. The van der Waals surface area contributed by atoms with Crippen LogP contribution in [0, 0.1) is 11.5 Å². The third-order valence-corrected chi connectivity index (χ3v) is 5.13. The van der Waals surface area contributed by atoms with E-state index in [1.54, 1.807) is 0 Å². The van der Waals surface area contributed by atoms with Gasteiger partial charge in [-0.2, -0.15) is 13.2 Å². The molecule has 1 nitrogen and oxygen atoms in total. The van der Waals surface area contributed by atoms with Crippen LogP contribution in [0.2, 0.25) is 19.6 Å². The summed E-state index contributed by atoms with van der Waals surface area (Å²) in [6.07, 6.45) is -4.37. The van der Waals surface area contributed by atoms with Crippen LogP contribution in [0.25, 0.3) is 11.1 Å². The van der Waals surface area contributed by atoms with Crippen molar-refractivity contribution in [3.63, 3.8) is 0 Å². The van der Waals surface area contributed by atoms with Gasteiger partial charge in [-0.3, -0.25) is 0 Å². The summed E-state index contributed by atoms with van der Waals surface area (Å²) >= 11 is 0. The molecule has 30 heavy (non-hydrogen) atoms. The predicted molar refractivity (Wildman–Crippen MR) is 121 cm³/mol. The highest BCUT2D eigenvalue weighted by molar-refractivity contribution is 6.84. The predicted octanol–water partition coefficient (Wildman–Crippen LogP) is 7.37. The van der Waals surface area contributed by atoms with E-state index in [1.165, 1.54) is 12.1 Å². The molecule has 0 saturated carbocycles. The molecule has 0 radical (unpaired) electrons. The maximum atomic E-state index is 12.9. The van der Waals surface area contributed by atoms with E-state index in [2.05, 4.69) is 36.1 Å². The fraction of sp³-hybridized carbons (Fsp3) is 0.160. The molecule has 0 fully saturated rings. The number of aliphatic imine (C=N–C) groups is 1. The molecule has 0 spiro atoms. The largest absolute Gasteiger partial charge is 0.416 e. The molecule has 0 heterocycles. The number of benzene rings is 3. The summed E-state index contributed by atoms with van der Waals surface area (Å²) in [5, 5.41) is 0. The Morgan fingerprint density at radius 2 is 1.33 bits per heavy atom. The molecule has 3 rings (SSSR count). The van der Waals surface area contributed by atoms with E-state index in [0.717, 1.165) is 23.3 Å². The highest BCUT2D eigenvalue weighted by Gasteiger charge is 2.30. The van der Waals surface area contributed by atoms with Crippen LogP contribution >= 0.6 is 0 Å². The van der Waals surface area contributed by atoms with E-state index < -0.39 is 19.8 Å². The maximum absolute atomic E-state index is 12.9. The number of rotatable bonds is 3. The molecule has 3 aromatic rings. The van der Waals surface area contributed by atoms with Crippen molar-refractivity contribution >= 4 is 19.5 Å². The lowest BCUT2D eigenvalue weighted by molar-refractivity contribution is -0.137. The number of nitrogens with zero attached hydrogens (tertiary/aromatic N) is 1. The third-order valence-electron chi connectivity index (χ3n) is 4.26. The molecule has 0 aliphatic rings. The molecule has 0 aliphatic heterocycles. The van der Waals surface area contributed by atoms with Crippen molar-refractivity contribution < 1.29 is 13.2 Å². The van der Waals surface area contributed by atoms with Crippen molar-refractivity contribution in [2.24, 2.45) is 4.99 Å². The van der Waals surface area contributed by atoms with E-state index in [0.29, 0.717) is 17.0 Å². The zero-order valence-electron chi connectivity index (χ0n) is 17.1. The molecule has 0 saturated heterocycles. The fourth-order valence-electron chi connectivity index (χ4n) is 2.72. The van der Waals surface area contributed by atoms with Gasteiger partial charge in [-0.1, -0.05) is 80.2 Å². The Morgan fingerprint density at radius 3 is 1.87 bits per heavy atom. The van der Waals surface area contributed by atoms with E-state index in [4.69, 9.17) is 0 Å². The first-order valence-corrected chi connectivity index (χ1v) is 13.1. The summed E-state index contributed by atoms with van der Waals surface area (Å²) in [5.41, 5.74) is 6.49. The quantitative estimate of drug-likeness (QED) is 0.238. The van der Waals surface area contributed by atoms with Gasteiger partial charge >= 0.3 is 6.18 Å². The van der Waals surface area contributed by atoms with Crippen LogP contribution in [0.5, 0.6) is 0 Å². The number of alkyl halides is 3. The van der Waals surface area contributed by atoms with Crippen LogP contribution in [0.15, 0.2) is 83.9 Å². The zero-order chi connectivity index (χ0) is 21.8. The molecule has 0 atom stereocenters. The lowest BCUT2D eigenvalue weighted by atomic mass is 10.1. The average molecular weight is 422 g/mol.